The zero-order valence-corrected chi connectivity index (χ0v) is 10.3. The van der Waals surface area contributed by atoms with Crippen LogP contribution in [-0.2, 0) is 11.2 Å². The van der Waals surface area contributed by atoms with Crippen LogP contribution in [0.2, 0.25) is 5.02 Å². The zero-order chi connectivity index (χ0) is 12.3. The summed E-state index contributed by atoms with van der Waals surface area (Å²) >= 11 is 5.94. The zero-order valence-electron chi connectivity index (χ0n) is 9.51. The first-order valence-corrected chi connectivity index (χ1v) is 6.22. The minimum Gasteiger partial charge on any atom is -0.316 e. The van der Waals surface area contributed by atoms with Gasteiger partial charge < -0.3 is 5.32 Å². The number of rotatable bonds is 3. The van der Waals surface area contributed by atoms with E-state index in [-0.39, 0.29) is 23.9 Å². The van der Waals surface area contributed by atoms with Gasteiger partial charge in [-0.05, 0) is 43.1 Å². The minimum absolute atomic E-state index is 0.0445. The molecule has 1 aromatic rings. The number of benzene rings is 1. The molecule has 2 rings (SSSR count). The Morgan fingerprint density at radius 3 is 3.06 bits per heavy atom. The molecule has 0 aliphatic carbocycles. The van der Waals surface area contributed by atoms with Crippen molar-refractivity contribution in [2.75, 3.05) is 13.1 Å². The van der Waals surface area contributed by atoms with Crippen molar-refractivity contribution in [1.29, 1.82) is 0 Å². The number of piperidine rings is 1. The molecule has 0 bridgehead atoms. The molecule has 0 spiro atoms. The highest BCUT2D eigenvalue weighted by molar-refractivity contribution is 6.31. The van der Waals surface area contributed by atoms with Crippen molar-refractivity contribution >= 4 is 17.4 Å². The van der Waals surface area contributed by atoms with E-state index in [0.29, 0.717) is 10.6 Å². The van der Waals surface area contributed by atoms with E-state index in [1.807, 2.05) is 0 Å². The molecule has 0 saturated carbocycles. The summed E-state index contributed by atoms with van der Waals surface area (Å²) in [6.45, 7) is 1.70. The average Bonchev–Trinajstić information content (AvgIpc) is 2.35. The van der Waals surface area contributed by atoms with Crippen molar-refractivity contribution in [2.24, 2.45) is 5.92 Å². The summed E-state index contributed by atoms with van der Waals surface area (Å²) in [5.74, 6) is -0.160. The number of carbonyl (C=O) groups is 1. The summed E-state index contributed by atoms with van der Waals surface area (Å²) < 4.78 is 13.1. The van der Waals surface area contributed by atoms with Crippen molar-refractivity contribution in [1.82, 2.24) is 5.32 Å². The van der Waals surface area contributed by atoms with E-state index < -0.39 is 0 Å². The van der Waals surface area contributed by atoms with E-state index in [1.54, 1.807) is 0 Å². The number of hydrogen-bond acceptors (Lipinski definition) is 2. The van der Waals surface area contributed by atoms with Crippen LogP contribution in [0.1, 0.15) is 18.4 Å². The summed E-state index contributed by atoms with van der Waals surface area (Å²) in [6, 6.07) is 4.15. The molecule has 4 heteroatoms. The second kappa shape index (κ2) is 5.61. The van der Waals surface area contributed by atoms with E-state index in [1.165, 1.54) is 18.2 Å². The molecule has 92 valence electrons. The van der Waals surface area contributed by atoms with Gasteiger partial charge in [0.1, 0.15) is 11.6 Å². The summed E-state index contributed by atoms with van der Waals surface area (Å²) in [4.78, 5) is 12.0. The van der Waals surface area contributed by atoms with Gasteiger partial charge in [0.15, 0.2) is 0 Å². The lowest BCUT2D eigenvalue weighted by atomic mass is 9.91. The van der Waals surface area contributed by atoms with Crippen LogP contribution < -0.4 is 5.32 Å². The quantitative estimate of drug-likeness (QED) is 0.900. The van der Waals surface area contributed by atoms with Gasteiger partial charge in [0.25, 0.3) is 0 Å². The van der Waals surface area contributed by atoms with Crippen LogP contribution in [0.15, 0.2) is 18.2 Å². The van der Waals surface area contributed by atoms with Crippen LogP contribution in [0.4, 0.5) is 4.39 Å². The smallest absolute Gasteiger partial charge is 0.141 e. The Balaban J connectivity index is 2.04. The molecule has 17 heavy (non-hydrogen) atoms. The third-order valence-electron chi connectivity index (χ3n) is 3.12. The first-order valence-electron chi connectivity index (χ1n) is 5.84. The fourth-order valence-electron chi connectivity index (χ4n) is 2.14. The van der Waals surface area contributed by atoms with Gasteiger partial charge in [0, 0.05) is 23.9 Å². The van der Waals surface area contributed by atoms with Crippen LogP contribution in [-0.4, -0.2) is 18.9 Å². The topological polar surface area (TPSA) is 29.1 Å². The van der Waals surface area contributed by atoms with E-state index in [0.717, 1.165) is 25.9 Å². The highest BCUT2D eigenvalue weighted by Gasteiger charge is 2.21. The molecule has 1 unspecified atom stereocenters. The van der Waals surface area contributed by atoms with Crippen LogP contribution in [0, 0.1) is 11.7 Å². The molecule has 1 aliphatic heterocycles. The molecule has 0 amide bonds. The second-order valence-corrected chi connectivity index (χ2v) is 4.83. The van der Waals surface area contributed by atoms with E-state index in [4.69, 9.17) is 11.6 Å². The average molecular weight is 256 g/mol. The lowest BCUT2D eigenvalue weighted by Gasteiger charge is -2.21. The lowest BCUT2D eigenvalue weighted by molar-refractivity contribution is -0.122. The highest BCUT2D eigenvalue weighted by atomic mass is 35.5. The first-order chi connectivity index (χ1) is 8.16. The van der Waals surface area contributed by atoms with Gasteiger partial charge in [0.2, 0.25) is 0 Å². The molecule has 1 fully saturated rings. The van der Waals surface area contributed by atoms with Gasteiger partial charge in [-0.2, -0.15) is 0 Å². The maximum absolute atomic E-state index is 13.1. The number of hydrogen-bond donors (Lipinski definition) is 1. The van der Waals surface area contributed by atoms with E-state index >= 15 is 0 Å². The first kappa shape index (κ1) is 12.5. The fraction of sp³-hybridized carbons (Fsp3) is 0.462. The van der Waals surface area contributed by atoms with Gasteiger partial charge in [-0.25, -0.2) is 4.39 Å². The highest BCUT2D eigenvalue weighted by Crippen LogP contribution is 2.20. The van der Waals surface area contributed by atoms with Crippen molar-refractivity contribution in [3.05, 3.63) is 34.6 Å². The molecular formula is C13H15ClFNO. The third-order valence-corrected chi connectivity index (χ3v) is 3.49. The Bertz CT molecular complexity index is 416. The molecule has 1 N–H and O–H groups in total. The standard InChI is InChI=1S/C13H15ClFNO/c14-12-4-3-11(15)6-10(12)7-13(17)9-2-1-5-16-8-9/h3-4,6,9,16H,1-2,5,7-8H2. The SMILES string of the molecule is O=C(Cc1cc(F)ccc1Cl)C1CCCNC1. The molecule has 1 heterocycles. The normalized spacial score (nSPS) is 20.2. The van der Waals surface area contributed by atoms with Gasteiger partial charge in [-0.1, -0.05) is 11.6 Å². The number of halogens is 2. The predicted octanol–water partition coefficient (Wildman–Crippen LogP) is 2.59. The number of nitrogens with one attached hydrogen (secondary N) is 1. The predicted molar refractivity (Wildman–Crippen MR) is 65.7 cm³/mol. The third kappa shape index (κ3) is 3.27. The van der Waals surface area contributed by atoms with Crippen molar-refractivity contribution in [3.8, 4) is 0 Å². The summed E-state index contributed by atoms with van der Waals surface area (Å²) in [5, 5.41) is 3.66. The van der Waals surface area contributed by atoms with Gasteiger partial charge in [0.05, 0.1) is 0 Å². The molecule has 1 aromatic carbocycles. The van der Waals surface area contributed by atoms with Crippen LogP contribution >= 0.6 is 11.6 Å². The Hall–Kier alpha value is -0.930. The number of carbonyl (C=O) groups excluding carboxylic acids is 1. The largest absolute Gasteiger partial charge is 0.316 e. The maximum atomic E-state index is 13.1. The summed E-state index contributed by atoms with van der Waals surface area (Å²) in [7, 11) is 0. The van der Waals surface area contributed by atoms with Crippen LogP contribution in [0.5, 0.6) is 0 Å². The summed E-state index contributed by atoms with van der Waals surface area (Å²) in [6.07, 6.45) is 2.16. The van der Waals surface area contributed by atoms with E-state index in [2.05, 4.69) is 5.32 Å². The molecule has 0 radical (unpaired) electrons. The molecule has 1 saturated heterocycles. The minimum atomic E-state index is -0.348. The molecule has 1 aliphatic rings. The van der Waals surface area contributed by atoms with Gasteiger partial charge >= 0.3 is 0 Å². The van der Waals surface area contributed by atoms with Gasteiger partial charge in [-0.15, -0.1) is 0 Å². The van der Waals surface area contributed by atoms with Crippen molar-refractivity contribution < 1.29 is 9.18 Å². The van der Waals surface area contributed by atoms with E-state index in [9.17, 15) is 9.18 Å². The maximum Gasteiger partial charge on any atom is 0.141 e. The fourth-order valence-corrected chi connectivity index (χ4v) is 2.32. The lowest BCUT2D eigenvalue weighted by Crippen LogP contribution is -2.35. The Morgan fingerprint density at radius 2 is 2.35 bits per heavy atom. The molecule has 2 nitrogen and oxygen atoms in total. The Kier molecular flexibility index (Phi) is 4.13. The Morgan fingerprint density at radius 1 is 1.53 bits per heavy atom. The van der Waals surface area contributed by atoms with Crippen molar-refractivity contribution in [2.45, 2.75) is 19.3 Å². The number of ketones is 1. The van der Waals surface area contributed by atoms with Crippen LogP contribution in [0.25, 0.3) is 0 Å². The van der Waals surface area contributed by atoms with Gasteiger partial charge in [-0.3, -0.25) is 4.79 Å². The van der Waals surface area contributed by atoms with Crippen LogP contribution in [0.3, 0.4) is 0 Å². The Labute approximate surface area is 105 Å². The second-order valence-electron chi connectivity index (χ2n) is 4.42. The number of Topliss-reactive ketones (excluding diaryl/α,β-unsaturated/α-hetero) is 1. The molecular weight excluding hydrogens is 241 g/mol. The van der Waals surface area contributed by atoms with Crippen molar-refractivity contribution in [3.63, 3.8) is 0 Å². The monoisotopic (exact) mass is 255 g/mol. The molecule has 0 aromatic heterocycles. The molecule has 1 atom stereocenters. The summed E-state index contributed by atoms with van der Waals surface area (Å²) in [5.41, 5.74) is 0.585.